The molecular formula is C26H23IN4O2. The summed E-state index contributed by atoms with van der Waals surface area (Å²) in [5.41, 5.74) is 6.61. The lowest BCUT2D eigenvalue weighted by Gasteiger charge is -2.17. The van der Waals surface area contributed by atoms with E-state index in [0.717, 1.165) is 39.2 Å². The molecular weight excluding hydrogens is 527 g/mol. The van der Waals surface area contributed by atoms with Crippen LogP contribution >= 0.6 is 22.6 Å². The third kappa shape index (κ3) is 5.90. The molecule has 0 aliphatic carbocycles. The molecule has 7 heteroatoms. The van der Waals surface area contributed by atoms with Crippen molar-refractivity contribution in [3.05, 3.63) is 92.6 Å². The van der Waals surface area contributed by atoms with Crippen LogP contribution in [0.3, 0.4) is 0 Å². The van der Waals surface area contributed by atoms with Crippen LogP contribution in [-0.2, 0) is 6.61 Å². The topological polar surface area (TPSA) is 77.7 Å². The summed E-state index contributed by atoms with van der Waals surface area (Å²) in [5.74, 6) is 0.479. The Hall–Kier alpha value is -3.38. The molecule has 1 aliphatic heterocycles. The molecule has 0 radical (unpaired) electrons. The maximum absolute atomic E-state index is 12.4. The fourth-order valence-corrected chi connectivity index (χ4v) is 4.35. The molecule has 0 bridgehead atoms. The van der Waals surface area contributed by atoms with Crippen molar-refractivity contribution in [2.24, 2.45) is 5.10 Å². The molecule has 1 N–H and O–H groups in total. The smallest absolute Gasteiger partial charge is 0.271 e. The van der Waals surface area contributed by atoms with E-state index >= 15 is 0 Å². The van der Waals surface area contributed by atoms with E-state index in [4.69, 9.17) is 4.74 Å². The minimum absolute atomic E-state index is 0.245. The summed E-state index contributed by atoms with van der Waals surface area (Å²) in [6.45, 7) is 2.47. The fraction of sp³-hybridized carbons (Fsp3) is 0.192. The summed E-state index contributed by atoms with van der Waals surface area (Å²) in [5, 5.41) is 13.3. The monoisotopic (exact) mass is 550 g/mol. The van der Waals surface area contributed by atoms with E-state index in [-0.39, 0.29) is 5.91 Å². The second-order valence-electron chi connectivity index (χ2n) is 7.69. The molecule has 1 aliphatic rings. The lowest BCUT2D eigenvalue weighted by Crippen LogP contribution is -2.19. The van der Waals surface area contributed by atoms with Crippen molar-refractivity contribution in [2.45, 2.75) is 19.4 Å². The number of ether oxygens (including phenoxy) is 1. The van der Waals surface area contributed by atoms with Gasteiger partial charge in [-0.15, -0.1) is 0 Å². The Bertz CT molecular complexity index is 1200. The van der Waals surface area contributed by atoms with Crippen molar-refractivity contribution in [3.8, 4) is 11.8 Å². The Balaban J connectivity index is 1.32. The first kappa shape index (κ1) is 22.8. The highest BCUT2D eigenvalue weighted by Crippen LogP contribution is 2.23. The predicted octanol–water partition coefficient (Wildman–Crippen LogP) is 5.11. The third-order valence-corrected chi connectivity index (χ3v) is 6.30. The molecule has 166 valence electrons. The molecule has 0 atom stereocenters. The Morgan fingerprint density at radius 3 is 2.61 bits per heavy atom. The van der Waals surface area contributed by atoms with Crippen molar-refractivity contribution >= 4 is 40.4 Å². The second-order valence-corrected chi connectivity index (χ2v) is 8.85. The number of hydrazone groups is 1. The van der Waals surface area contributed by atoms with Gasteiger partial charge in [0, 0.05) is 29.9 Å². The van der Waals surface area contributed by atoms with Gasteiger partial charge in [0.25, 0.3) is 5.91 Å². The standard InChI is InChI=1S/C26H23IN4O2/c27-24-15-19(7-12-25(24)33-18-22-6-2-1-5-21(22)16-28)17-29-30-26(32)20-8-10-23(11-9-20)31-13-3-4-14-31/h1-2,5-12,15,17H,3-4,13-14,18H2,(H,30,32)/b29-17-. The summed E-state index contributed by atoms with van der Waals surface area (Å²) in [7, 11) is 0. The zero-order chi connectivity index (χ0) is 23.0. The zero-order valence-corrected chi connectivity index (χ0v) is 20.2. The van der Waals surface area contributed by atoms with E-state index < -0.39 is 0 Å². The van der Waals surface area contributed by atoms with Crippen molar-refractivity contribution in [1.82, 2.24) is 5.43 Å². The molecule has 1 amide bonds. The van der Waals surface area contributed by atoms with Gasteiger partial charge < -0.3 is 9.64 Å². The van der Waals surface area contributed by atoms with Gasteiger partial charge in [-0.3, -0.25) is 4.79 Å². The molecule has 1 fully saturated rings. The number of hydrogen-bond acceptors (Lipinski definition) is 5. The van der Waals surface area contributed by atoms with E-state index in [0.29, 0.717) is 17.7 Å². The number of nitrogens with one attached hydrogen (secondary N) is 1. The average Bonchev–Trinajstić information content (AvgIpc) is 3.39. The number of nitrogens with zero attached hydrogens (tertiary/aromatic N) is 3. The van der Waals surface area contributed by atoms with Crippen molar-refractivity contribution in [3.63, 3.8) is 0 Å². The quantitative estimate of drug-likeness (QED) is 0.252. The van der Waals surface area contributed by atoms with Gasteiger partial charge >= 0.3 is 0 Å². The highest BCUT2D eigenvalue weighted by atomic mass is 127. The summed E-state index contributed by atoms with van der Waals surface area (Å²) in [6, 6.07) is 22.9. The van der Waals surface area contributed by atoms with Crippen LogP contribution < -0.4 is 15.1 Å². The second kappa shape index (κ2) is 11.0. The Morgan fingerprint density at radius 1 is 1.12 bits per heavy atom. The first-order valence-corrected chi connectivity index (χ1v) is 11.8. The van der Waals surface area contributed by atoms with Gasteiger partial charge in [0.1, 0.15) is 12.4 Å². The Kier molecular flexibility index (Phi) is 7.58. The Morgan fingerprint density at radius 2 is 1.88 bits per heavy atom. The molecule has 1 heterocycles. The highest BCUT2D eigenvalue weighted by molar-refractivity contribution is 14.1. The van der Waals surface area contributed by atoms with E-state index in [1.807, 2.05) is 60.7 Å². The van der Waals surface area contributed by atoms with Gasteiger partial charge in [-0.05, 0) is 89.5 Å². The number of nitriles is 1. The van der Waals surface area contributed by atoms with Crippen LogP contribution in [0.2, 0.25) is 0 Å². The van der Waals surface area contributed by atoms with Gasteiger partial charge in [-0.1, -0.05) is 18.2 Å². The molecule has 0 unspecified atom stereocenters. The van der Waals surface area contributed by atoms with E-state index in [2.05, 4.69) is 44.1 Å². The molecule has 33 heavy (non-hydrogen) atoms. The first-order valence-electron chi connectivity index (χ1n) is 10.7. The van der Waals surface area contributed by atoms with E-state index in [1.54, 1.807) is 12.3 Å². The summed E-state index contributed by atoms with van der Waals surface area (Å²) >= 11 is 2.20. The van der Waals surface area contributed by atoms with Crippen LogP contribution in [-0.4, -0.2) is 25.2 Å². The number of amides is 1. The van der Waals surface area contributed by atoms with Crippen LogP contribution in [0.5, 0.6) is 5.75 Å². The molecule has 4 rings (SSSR count). The number of carbonyl (C=O) groups excluding carboxylic acids is 1. The lowest BCUT2D eigenvalue weighted by molar-refractivity contribution is 0.0955. The fourth-order valence-electron chi connectivity index (χ4n) is 3.65. The van der Waals surface area contributed by atoms with Gasteiger partial charge in [-0.25, -0.2) is 5.43 Å². The van der Waals surface area contributed by atoms with E-state index in [9.17, 15) is 10.1 Å². The molecule has 1 saturated heterocycles. The van der Waals surface area contributed by atoms with E-state index in [1.165, 1.54) is 12.8 Å². The number of carbonyl (C=O) groups is 1. The largest absolute Gasteiger partial charge is 0.488 e. The molecule has 6 nitrogen and oxygen atoms in total. The number of hydrogen-bond donors (Lipinski definition) is 1. The van der Waals surface area contributed by atoms with Crippen LogP contribution in [0.25, 0.3) is 0 Å². The lowest BCUT2D eigenvalue weighted by atomic mass is 10.1. The summed E-state index contributed by atoms with van der Waals surface area (Å²) in [6.07, 6.45) is 4.05. The normalized spacial score (nSPS) is 13.2. The van der Waals surface area contributed by atoms with Gasteiger partial charge in [0.15, 0.2) is 0 Å². The summed E-state index contributed by atoms with van der Waals surface area (Å²) in [4.78, 5) is 14.7. The molecule has 0 spiro atoms. The number of benzene rings is 3. The maximum atomic E-state index is 12.4. The van der Waals surface area contributed by atoms with Crippen LogP contribution in [0.4, 0.5) is 5.69 Å². The molecule has 0 saturated carbocycles. The van der Waals surface area contributed by atoms with Gasteiger partial charge in [0.2, 0.25) is 0 Å². The Labute approximate surface area is 207 Å². The van der Waals surface area contributed by atoms with Crippen LogP contribution in [0, 0.1) is 14.9 Å². The van der Waals surface area contributed by atoms with Crippen LogP contribution in [0.15, 0.2) is 71.8 Å². The summed E-state index contributed by atoms with van der Waals surface area (Å²) < 4.78 is 6.80. The van der Waals surface area contributed by atoms with Crippen molar-refractivity contribution in [2.75, 3.05) is 18.0 Å². The third-order valence-electron chi connectivity index (χ3n) is 5.46. The zero-order valence-electron chi connectivity index (χ0n) is 18.0. The van der Waals surface area contributed by atoms with Crippen molar-refractivity contribution in [1.29, 1.82) is 5.26 Å². The number of halogens is 1. The maximum Gasteiger partial charge on any atom is 0.271 e. The number of rotatable bonds is 7. The first-order chi connectivity index (χ1) is 16.1. The molecule has 3 aromatic rings. The van der Waals surface area contributed by atoms with Gasteiger partial charge in [0.05, 0.1) is 21.4 Å². The molecule has 0 aromatic heterocycles. The minimum atomic E-state index is -0.245. The predicted molar refractivity (Wildman–Crippen MR) is 138 cm³/mol. The highest BCUT2D eigenvalue weighted by Gasteiger charge is 2.13. The average molecular weight is 550 g/mol. The van der Waals surface area contributed by atoms with Crippen LogP contribution in [0.1, 0.15) is 39.9 Å². The number of anilines is 1. The van der Waals surface area contributed by atoms with Gasteiger partial charge in [-0.2, -0.15) is 10.4 Å². The SMILES string of the molecule is N#Cc1ccccc1COc1ccc(/C=N\NC(=O)c2ccc(N3CCCC3)cc2)cc1I. The molecule has 3 aromatic carbocycles. The van der Waals surface area contributed by atoms with Crippen molar-refractivity contribution < 1.29 is 9.53 Å². The minimum Gasteiger partial charge on any atom is -0.488 e.